The number of aliphatic carboxylic acids is 1. The summed E-state index contributed by atoms with van der Waals surface area (Å²) in [5, 5.41) is 8.66. The van der Waals surface area contributed by atoms with E-state index in [0.29, 0.717) is 11.5 Å². The highest BCUT2D eigenvalue weighted by Gasteiger charge is 2.10. The van der Waals surface area contributed by atoms with E-state index in [0.717, 1.165) is 19.3 Å². The van der Waals surface area contributed by atoms with Crippen LogP contribution in [0.3, 0.4) is 0 Å². The Balaban J connectivity index is 3.93. The first-order valence-corrected chi connectivity index (χ1v) is 6.41. The molecular formula is C15H24O3. The lowest BCUT2D eigenvalue weighted by Crippen LogP contribution is -2.09. The van der Waals surface area contributed by atoms with Gasteiger partial charge in [0.05, 0.1) is 0 Å². The Labute approximate surface area is 110 Å². The standard InChI is InChI=1S/C15H24O3/c1-11(10-13(3)14(4)16)8-6-5-7-9-12(2)15(17)18/h6,8-9,11,13H,5,7,10H2,1-4H3,(H,17,18)/b8-6+,12-9+/t11-,13+/m0/s1. The fraction of sp³-hybridized carbons (Fsp3) is 0.600. The lowest BCUT2D eigenvalue weighted by molar-refractivity contribution is -0.132. The molecule has 2 atom stereocenters. The molecule has 0 heterocycles. The van der Waals surface area contributed by atoms with Crippen molar-refractivity contribution in [3.05, 3.63) is 23.8 Å². The van der Waals surface area contributed by atoms with Gasteiger partial charge in [-0.3, -0.25) is 4.79 Å². The van der Waals surface area contributed by atoms with Crippen LogP contribution >= 0.6 is 0 Å². The SMILES string of the molecule is CC(=O)[C@H](C)C[C@@H](C)/C=C/CC/C=C(\C)C(=O)O. The maximum atomic E-state index is 11.1. The number of carbonyl (C=O) groups is 2. The Morgan fingerprint density at radius 2 is 1.78 bits per heavy atom. The van der Waals surface area contributed by atoms with Crippen LogP contribution in [0.4, 0.5) is 0 Å². The van der Waals surface area contributed by atoms with Crippen molar-refractivity contribution < 1.29 is 14.7 Å². The summed E-state index contributed by atoms with van der Waals surface area (Å²) in [5.41, 5.74) is 0.390. The van der Waals surface area contributed by atoms with Crippen LogP contribution in [0.2, 0.25) is 0 Å². The maximum absolute atomic E-state index is 11.1. The molecular weight excluding hydrogens is 228 g/mol. The third-order valence-electron chi connectivity index (χ3n) is 3.01. The molecule has 0 rings (SSSR count). The summed E-state index contributed by atoms with van der Waals surface area (Å²) in [5.74, 6) is -0.134. The van der Waals surface area contributed by atoms with Gasteiger partial charge in [-0.1, -0.05) is 32.1 Å². The third kappa shape index (κ3) is 7.82. The van der Waals surface area contributed by atoms with Crippen LogP contribution in [-0.4, -0.2) is 16.9 Å². The van der Waals surface area contributed by atoms with E-state index >= 15 is 0 Å². The molecule has 0 aliphatic rings. The zero-order chi connectivity index (χ0) is 14.1. The first-order valence-electron chi connectivity index (χ1n) is 6.41. The highest BCUT2D eigenvalue weighted by atomic mass is 16.4. The Bertz CT molecular complexity index is 340. The fourth-order valence-corrected chi connectivity index (χ4v) is 1.61. The van der Waals surface area contributed by atoms with Gasteiger partial charge in [-0.15, -0.1) is 0 Å². The van der Waals surface area contributed by atoms with Gasteiger partial charge >= 0.3 is 5.97 Å². The number of hydrogen-bond donors (Lipinski definition) is 1. The van der Waals surface area contributed by atoms with Crippen LogP contribution in [0, 0.1) is 11.8 Å². The van der Waals surface area contributed by atoms with E-state index in [9.17, 15) is 9.59 Å². The van der Waals surface area contributed by atoms with Crippen molar-refractivity contribution >= 4 is 11.8 Å². The van der Waals surface area contributed by atoms with Crippen LogP contribution in [-0.2, 0) is 9.59 Å². The largest absolute Gasteiger partial charge is 0.478 e. The summed E-state index contributed by atoms with van der Waals surface area (Å²) in [7, 11) is 0. The normalized spacial score (nSPS) is 15.7. The average molecular weight is 252 g/mol. The monoisotopic (exact) mass is 252 g/mol. The van der Waals surface area contributed by atoms with Crippen LogP contribution in [0.15, 0.2) is 23.8 Å². The number of unbranched alkanes of at least 4 members (excludes halogenated alkanes) is 1. The maximum Gasteiger partial charge on any atom is 0.330 e. The van der Waals surface area contributed by atoms with Gasteiger partial charge < -0.3 is 5.11 Å². The first kappa shape index (κ1) is 16.6. The highest BCUT2D eigenvalue weighted by molar-refractivity contribution is 5.85. The van der Waals surface area contributed by atoms with Gasteiger partial charge in [0.25, 0.3) is 0 Å². The molecule has 3 heteroatoms. The molecule has 3 nitrogen and oxygen atoms in total. The number of carbonyl (C=O) groups excluding carboxylic acids is 1. The molecule has 0 saturated heterocycles. The minimum Gasteiger partial charge on any atom is -0.478 e. The van der Waals surface area contributed by atoms with Crippen LogP contribution in [0.25, 0.3) is 0 Å². The Morgan fingerprint density at radius 3 is 2.28 bits per heavy atom. The van der Waals surface area contributed by atoms with Gasteiger partial charge in [0.1, 0.15) is 5.78 Å². The molecule has 0 saturated carbocycles. The Morgan fingerprint density at radius 1 is 1.17 bits per heavy atom. The van der Waals surface area contributed by atoms with Gasteiger partial charge in [-0.25, -0.2) is 4.79 Å². The number of carboxylic acids is 1. The zero-order valence-corrected chi connectivity index (χ0v) is 11.8. The lowest BCUT2D eigenvalue weighted by atomic mass is 9.94. The molecule has 0 aromatic heterocycles. The molecule has 102 valence electrons. The van der Waals surface area contributed by atoms with Gasteiger partial charge in [-0.05, 0) is 39.0 Å². The van der Waals surface area contributed by atoms with Crippen molar-refractivity contribution in [1.82, 2.24) is 0 Å². The minimum absolute atomic E-state index is 0.110. The molecule has 0 aromatic carbocycles. The molecule has 0 aromatic rings. The van der Waals surface area contributed by atoms with E-state index in [1.54, 1.807) is 19.9 Å². The van der Waals surface area contributed by atoms with Crippen molar-refractivity contribution in [2.75, 3.05) is 0 Å². The van der Waals surface area contributed by atoms with Crippen LogP contribution in [0.1, 0.15) is 47.0 Å². The van der Waals surface area contributed by atoms with Crippen molar-refractivity contribution in [3.63, 3.8) is 0 Å². The van der Waals surface area contributed by atoms with E-state index in [1.807, 2.05) is 6.92 Å². The van der Waals surface area contributed by atoms with Crippen LogP contribution < -0.4 is 0 Å². The van der Waals surface area contributed by atoms with Gasteiger partial charge in [-0.2, -0.15) is 0 Å². The smallest absolute Gasteiger partial charge is 0.330 e. The summed E-state index contributed by atoms with van der Waals surface area (Å²) in [4.78, 5) is 21.6. The summed E-state index contributed by atoms with van der Waals surface area (Å²) >= 11 is 0. The van der Waals surface area contributed by atoms with Gasteiger partial charge in [0, 0.05) is 11.5 Å². The third-order valence-corrected chi connectivity index (χ3v) is 3.01. The minimum atomic E-state index is -0.859. The number of allylic oxidation sites excluding steroid dienone is 3. The molecule has 0 amide bonds. The molecule has 18 heavy (non-hydrogen) atoms. The Kier molecular flexibility index (Phi) is 8.01. The number of hydrogen-bond acceptors (Lipinski definition) is 2. The van der Waals surface area contributed by atoms with Gasteiger partial charge in [0.15, 0.2) is 0 Å². The topological polar surface area (TPSA) is 54.4 Å². The molecule has 0 radical (unpaired) electrons. The van der Waals surface area contributed by atoms with E-state index in [2.05, 4.69) is 19.1 Å². The molecule has 0 aliphatic carbocycles. The number of rotatable bonds is 8. The first-order chi connectivity index (χ1) is 8.34. The predicted octanol–water partition coefficient (Wildman–Crippen LogP) is 3.61. The van der Waals surface area contributed by atoms with E-state index in [1.165, 1.54) is 0 Å². The highest BCUT2D eigenvalue weighted by Crippen LogP contribution is 2.14. The van der Waals surface area contributed by atoms with Crippen molar-refractivity contribution in [2.24, 2.45) is 11.8 Å². The zero-order valence-electron chi connectivity index (χ0n) is 11.8. The number of ketones is 1. The fourth-order valence-electron chi connectivity index (χ4n) is 1.61. The predicted molar refractivity (Wildman–Crippen MR) is 73.4 cm³/mol. The number of carboxylic acid groups (broad SMARTS) is 1. The Hall–Kier alpha value is -1.38. The van der Waals surface area contributed by atoms with Crippen molar-refractivity contribution in [3.8, 4) is 0 Å². The van der Waals surface area contributed by atoms with Crippen LogP contribution in [0.5, 0.6) is 0 Å². The van der Waals surface area contributed by atoms with Crippen molar-refractivity contribution in [1.29, 1.82) is 0 Å². The summed E-state index contributed by atoms with van der Waals surface area (Å²) in [6, 6.07) is 0. The molecule has 0 spiro atoms. The summed E-state index contributed by atoms with van der Waals surface area (Å²) < 4.78 is 0. The second-order valence-electron chi connectivity index (χ2n) is 4.92. The number of Topliss-reactive ketones (excluding diaryl/α,β-unsaturated/α-hetero) is 1. The summed E-state index contributed by atoms with van der Waals surface area (Å²) in [6.45, 7) is 7.27. The van der Waals surface area contributed by atoms with E-state index < -0.39 is 5.97 Å². The summed E-state index contributed by atoms with van der Waals surface area (Å²) in [6.07, 6.45) is 8.34. The average Bonchev–Trinajstić information content (AvgIpc) is 2.27. The molecule has 0 bridgehead atoms. The lowest BCUT2D eigenvalue weighted by Gasteiger charge is -2.10. The molecule has 0 aliphatic heterocycles. The molecule has 1 N–H and O–H groups in total. The molecule has 0 unspecified atom stereocenters. The van der Waals surface area contributed by atoms with Crippen molar-refractivity contribution in [2.45, 2.75) is 47.0 Å². The molecule has 0 fully saturated rings. The van der Waals surface area contributed by atoms with E-state index in [-0.39, 0.29) is 11.7 Å². The second-order valence-corrected chi connectivity index (χ2v) is 4.92. The second kappa shape index (κ2) is 8.67. The quantitative estimate of drug-likeness (QED) is 0.408. The van der Waals surface area contributed by atoms with Gasteiger partial charge in [0.2, 0.25) is 0 Å². The van der Waals surface area contributed by atoms with E-state index in [4.69, 9.17) is 5.11 Å².